The lowest BCUT2D eigenvalue weighted by molar-refractivity contribution is -0.163. The number of carbonyl (C=O) groups is 3. The molecule has 27 heavy (non-hydrogen) atoms. The summed E-state index contributed by atoms with van der Waals surface area (Å²) in [6.07, 6.45) is 1.21. The van der Waals surface area contributed by atoms with Gasteiger partial charge in [-0.05, 0) is 31.4 Å². The molecule has 1 aromatic carbocycles. The van der Waals surface area contributed by atoms with Gasteiger partial charge in [0.15, 0.2) is 6.10 Å². The SMILES string of the molecule is CSc1cccc(N2C[C@@H](C(=O)O[C@H](C)C(=O)N3CCOCC3)CC2=O)c1. The number of nitrogens with zero attached hydrogens (tertiary/aromatic N) is 2. The molecule has 8 heteroatoms. The summed E-state index contributed by atoms with van der Waals surface area (Å²) in [6.45, 7) is 3.84. The molecular formula is C19H24N2O5S. The largest absolute Gasteiger partial charge is 0.452 e. The molecule has 2 aliphatic rings. The minimum atomic E-state index is -0.862. The van der Waals surface area contributed by atoms with Crippen molar-refractivity contribution >= 4 is 35.2 Å². The first kappa shape index (κ1) is 19.7. The van der Waals surface area contributed by atoms with E-state index in [4.69, 9.17) is 9.47 Å². The summed E-state index contributed by atoms with van der Waals surface area (Å²) in [5.41, 5.74) is 0.777. The fourth-order valence-electron chi connectivity index (χ4n) is 3.26. The van der Waals surface area contributed by atoms with Gasteiger partial charge in [0.2, 0.25) is 5.91 Å². The lowest BCUT2D eigenvalue weighted by Gasteiger charge is -2.29. The van der Waals surface area contributed by atoms with E-state index >= 15 is 0 Å². The zero-order chi connectivity index (χ0) is 19.4. The van der Waals surface area contributed by atoms with E-state index in [1.54, 1.807) is 28.5 Å². The molecule has 0 N–H and O–H groups in total. The number of esters is 1. The van der Waals surface area contributed by atoms with Gasteiger partial charge in [-0.25, -0.2) is 0 Å². The van der Waals surface area contributed by atoms with E-state index in [2.05, 4.69) is 0 Å². The average molecular weight is 392 g/mol. The molecule has 2 amide bonds. The Morgan fingerprint density at radius 2 is 2.04 bits per heavy atom. The van der Waals surface area contributed by atoms with Crippen LogP contribution < -0.4 is 4.90 Å². The number of anilines is 1. The zero-order valence-electron chi connectivity index (χ0n) is 15.6. The third kappa shape index (κ3) is 4.62. The predicted molar refractivity (Wildman–Crippen MR) is 102 cm³/mol. The van der Waals surface area contributed by atoms with Gasteiger partial charge in [-0.2, -0.15) is 0 Å². The van der Waals surface area contributed by atoms with Crippen molar-refractivity contribution in [1.82, 2.24) is 4.90 Å². The van der Waals surface area contributed by atoms with Crippen LogP contribution in [0.15, 0.2) is 29.2 Å². The van der Waals surface area contributed by atoms with Crippen LogP contribution in [0, 0.1) is 5.92 Å². The number of amides is 2. The Labute approximate surface area is 163 Å². The van der Waals surface area contributed by atoms with Gasteiger partial charge in [0.1, 0.15) is 0 Å². The molecule has 0 aliphatic carbocycles. The van der Waals surface area contributed by atoms with Crippen LogP contribution in [0.3, 0.4) is 0 Å². The van der Waals surface area contributed by atoms with Crippen LogP contribution in [0.4, 0.5) is 5.69 Å². The molecule has 2 saturated heterocycles. The first-order valence-corrected chi connectivity index (χ1v) is 10.2. The second-order valence-corrected chi connectivity index (χ2v) is 7.50. The summed E-state index contributed by atoms with van der Waals surface area (Å²) in [5, 5.41) is 0. The van der Waals surface area contributed by atoms with Gasteiger partial charge in [0, 0.05) is 36.6 Å². The second kappa shape index (κ2) is 8.75. The summed E-state index contributed by atoms with van der Waals surface area (Å²) in [6, 6.07) is 7.65. The number of morpholine rings is 1. The van der Waals surface area contributed by atoms with Gasteiger partial charge in [0.05, 0.1) is 19.1 Å². The average Bonchev–Trinajstić information content (AvgIpc) is 3.10. The molecule has 0 saturated carbocycles. The van der Waals surface area contributed by atoms with E-state index in [-0.39, 0.29) is 24.8 Å². The third-order valence-corrected chi connectivity index (χ3v) is 5.51. The second-order valence-electron chi connectivity index (χ2n) is 6.62. The van der Waals surface area contributed by atoms with Crippen molar-refractivity contribution in [3.8, 4) is 0 Å². The predicted octanol–water partition coefficient (Wildman–Crippen LogP) is 1.55. The van der Waals surface area contributed by atoms with Crippen molar-refractivity contribution in [3.05, 3.63) is 24.3 Å². The molecule has 3 rings (SSSR count). The highest BCUT2D eigenvalue weighted by Gasteiger charge is 2.38. The minimum Gasteiger partial charge on any atom is -0.452 e. The van der Waals surface area contributed by atoms with Crippen LogP contribution in [0.25, 0.3) is 0 Å². The zero-order valence-corrected chi connectivity index (χ0v) is 16.4. The smallest absolute Gasteiger partial charge is 0.312 e. The van der Waals surface area contributed by atoms with Crippen molar-refractivity contribution in [1.29, 1.82) is 0 Å². The Morgan fingerprint density at radius 1 is 1.30 bits per heavy atom. The summed E-state index contributed by atoms with van der Waals surface area (Å²) in [7, 11) is 0. The highest BCUT2D eigenvalue weighted by atomic mass is 32.2. The fraction of sp³-hybridized carbons (Fsp3) is 0.526. The number of rotatable bonds is 5. The maximum atomic E-state index is 12.5. The van der Waals surface area contributed by atoms with E-state index in [1.165, 1.54) is 0 Å². The molecule has 0 aromatic heterocycles. The van der Waals surface area contributed by atoms with Crippen LogP contribution in [-0.2, 0) is 23.9 Å². The highest BCUT2D eigenvalue weighted by Crippen LogP contribution is 2.29. The van der Waals surface area contributed by atoms with Crippen LogP contribution in [-0.4, -0.2) is 67.9 Å². The molecular weight excluding hydrogens is 368 g/mol. The van der Waals surface area contributed by atoms with Gasteiger partial charge in [-0.15, -0.1) is 11.8 Å². The number of benzene rings is 1. The fourth-order valence-corrected chi connectivity index (χ4v) is 3.71. The molecule has 1 aromatic rings. The first-order chi connectivity index (χ1) is 13.0. The minimum absolute atomic E-state index is 0.0980. The molecule has 7 nitrogen and oxygen atoms in total. The van der Waals surface area contributed by atoms with E-state index in [1.807, 2.05) is 30.5 Å². The van der Waals surface area contributed by atoms with Crippen molar-refractivity contribution < 1.29 is 23.9 Å². The Hall–Kier alpha value is -2.06. The van der Waals surface area contributed by atoms with Gasteiger partial charge in [-0.3, -0.25) is 14.4 Å². The Balaban J connectivity index is 1.59. The third-order valence-electron chi connectivity index (χ3n) is 4.79. The molecule has 2 aliphatic heterocycles. The molecule has 2 heterocycles. The van der Waals surface area contributed by atoms with Gasteiger partial charge in [0.25, 0.3) is 5.91 Å². The normalized spacial score (nSPS) is 21.3. The monoisotopic (exact) mass is 392 g/mol. The molecule has 2 fully saturated rings. The summed E-state index contributed by atoms with van der Waals surface area (Å²) >= 11 is 1.59. The lowest BCUT2D eigenvalue weighted by Crippen LogP contribution is -2.46. The molecule has 0 unspecified atom stereocenters. The Bertz CT molecular complexity index is 720. The Morgan fingerprint density at radius 3 is 2.74 bits per heavy atom. The quantitative estimate of drug-likeness (QED) is 0.559. The van der Waals surface area contributed by atoms with Crippen LogP contribution in [0.5, 0.6) is 0 Å². The highest BCUT2D eigenvalue weighted by molar-refractivity contribution is 7.98. The van der Waals surface area contributed by atoms with E-state index in [0.717, 1.165) is 10.6 Å². The number of ether oxygens (including phenoxy) is 2. The standard InChI is InChI=1S/C19H24N2O5S/c1-13(18(23)20-6-8-25-9-7-20)26-19(24)14-10-17(22)21(12-14)15-4-3-5-16(11-15)27-2/h3-5,11,13-14H,6-10,12H2,1-2H3/t13-,14+/m1/s1. The topological polar surface area (TPSA) is 76.2 Å². The van der Waals surface area contributed by atoms with E-state index in [0.29, 0.717) is 26.3 Å². The molecule has 0 bridgehead atoms. The van der Waals surface area contributed by atoms with E-state index in [9.17, 15) is 14.4 Å². The van der Waals surface area contributed by atoms with Gasteiger partial charge < -0.3 is 19.3 Å². The summed E-state index contributed by atoms with van der Waals surface area (Å²) < 4.78 is 10.6. The van der Waals surface area contributed by atoms with E-state index < -0.39 is 18.0 Å². The van der Waals surface area contributed by atoms with Gasteiger partial charge >= 0.3 is 5.97 Å². The molecule has 2 atom stereocenters. The summed E-state index contributed by atoms with van der Waals surface area (Å²) in [4.78, 5) is 41.6. The molecule has 0 radical (unpaired) electrons. The first-order valence-electron chi connectivity index (χ1n) is 9.01. The molecule has 0 spiro atoms. The number of thioether (sulfide) groups is 1. The number of carbonyl (C=O) groups excluding carboxylic acids is 3. The lowest BCUT2D eigenvalue weighted by atomic mass is 10.1. The van der Waals surface area contributed by atoms with Gasteiger partial charge in [-0.1, -0.05) is 6.07 Å². The summed E-state index contributed by atoms with van der Waals surface area (Å²) in [5.74, 6) is -1.39. The van der Waals surface area contributed by atoms with Crippen LogP contribution in [0.2, 0.25) is 0 Å². The van der Waals surface area contributed by atoms with Crippen molar-refractivity contribution in [2.75, 3.05) is 44.0 Å². The van der Waals surface area contributed by atoms with Crippen LogP contribution in [0.1, 0.15) is 13.3 Å². The maximum Gasteiger partial charge on any atom is 0.312 e. The number of hydrogen-bond donors (Lipinski definition) is 0. The van der Waals surface area contributed by atoms with Crippen molar-refractivity contribution in [2.24, 2.45) is 5.92 Å². The maximum absolute atomic E-state index is 12.5. The molecule has 146 valence electrons. The van der Waals surface area contributed by atoms with Crippen molar-refractivity contribution in [3.63, 3.8) is 0 Å². The van der Waals surface area contributed by atoms with Crippen molar-refractivity contribution in [2.45, 2.75) is 24.3 Å². The number of hydrogen-bond acceptors (Lipinski definition) is 6. The Kier molecular flexibility index (Phi) is 6.38. The van der Waals surface area contributed by atoms with Crippen LogP contribution >= 0.6 is 11.8 Å².